The SMILES string of the molecule is Cc1cc/c(=N\[N+](=O)[O-])n(Cc2ccc(Cl)nc2)c1. The van der Waals surface area contributed by atoms with E-state index < -0.39 is 5.03 Å². The van der Waals surface area contributed by atoms with Gasteiger partial charge in [-0.1, -0.05) is 23.7 Å². The first-order valence-electron chi connectivity index (χ1n) is 5.51. The van der Waals surface area contributed by atoms with Crippen LogP contribution >= 0.6 is 11.6 Å². The number of nitrogens with zero attached hydrogens (tertiary/aromatic N) is 4. The molecule has 19 heavy (non-hydrogen) atoms. The minimum Gasteiger partial charge on any atom is -0.323 e. The molecular weight excluding hydrogens is 268 g/mol. The topological polar surface area (TPSA) is 73.3 Å². The van der Waals surface area contributed by atoms with E-state index in [1.807, 2.05) is 13.0 Å². The van der Waals surface area contributed by atoms with Gasteiger partial charge in [0.25, 0.3) is 0 Å². The maximum absolute atomic E-state index is 10.5. The quantitative estimate of drug-likeness (QED) is 0.489. The fourth-order valence-electron chi connectivity index (χ4n) is 1.65. The molecule has 0 N–H and O–H groups in total. The van der Waals surface area contributed by atoms with Crippen molar-refractivity contribution in [2.75, 3.05) is 0 Å². The molecule has 6 nitrogen and oxygen atoms in total. The van der Waals surface area contributed by atoms with Crippen molar-refractivity contribution in [2.24, 2.45) is 5.10 Å². The molecular formula is C12H11ClN4O2. The van der Waals surface area contributed by atoms with Crippen molar-refractivity contribution in [3.05, 3.63) is 68.5 Å². The van der Waals surface area contributed by atoms with Gasteiger partial charge < -0.3 is 4.57 Å². The van der Waals surface area contributed by atoms with Crippen molar-refractivity contribution in [3.8, 4) is 0 Å². The second kappa shape index (κ2) is 5.62. The Morgan fingerprint density at radius 1 is 1.42 bits per heavy atom. The Bertz CT molecular complexity index is 664. The highest BCUT2D eigenvalue weighted by Gasteiger charge is 2.01. The molecule has 0 aliphatic rings. The molecule has 2 aromatic heterocycles. The summed E-state index contributed by atoms with van der Waals surface area (Å²) in [4.78, 5) is 14.5. The summed E-state index contributed by atoms with van der Waals surface area (Å²) in [5.41, 5.74) is 2.16. The van der Waals surface area contributed by atoms with Crippen molar-refractivity contribution in [1.82, 2.24) is 9.55 Å². The van der Waals surface area contributed by atoms with Crippen molar-refractivity contribution < 1.29 is 5.03 Å². The number of hydrogen-bond acceptors (Lipinski definition) is 3. The van der Waals surface area contributed by atoms with Crippen molar-refractivity contribution in [2.45, 2.75) is 13.5 Å². The second-order valence-electron chi connectivity index (χ2n) is 4.02. The third-order valence-electron chi connectivity index (χ3n) is 2.47. The maximum Gasteiger partial charge on any atom is 0.207 e. The van der Waals surface area contributed by atoms with Gasteiger partial charge in [-0.3, -0.25) is 0 Å². The predicted molar refractivity (Wildman–Crippen MR) is 70.1 cm³/mol. The van der Waals surface area contributed by atoms with Crippen molar-refractivity contribution in [3.63, 3.8) is 0 Å². The number of aromatic nitrogens is 2. The number of rotatable bonds is 3. The minimum absolute atomic E-state index is 0.283. The Kier molecular flexibility index (Phi) is 3.91. The molecule has 0 radical (unpaired) electrons. The van der Waals surface area contributed by atoms with Crippen LogP contribution in [0.2, 0.25) is 5.15 Å². The van der Waals surface area contributed by atoms with Crippen LogP contribution < -0.4 is 5.49 Å². The fourth-order valence-corrected chi connectivity index (χ4v) is 1.77. The lowest BCUT2D eigenvalue weighted by Gasteiger charge is -2.07. The minimum atomic E-state index is -0.707. The van der Waals surface area contributed by atoms with Crippen LogP contribution in [0.4, 0.5) is 0 Å². The predicted octanol–water partition coefficient (Wildman–Crippen LogP) is 1.99. The summed E-state index contributed by atoms with van der Waals surface area (Å²) in [5, 5.41) is 13.6. The zero-order valence-corrected chi connectivity index (χ0v) is 10.9. The first kappa shape index (κ1) is 13.2. The van der Waals surface area contributed by atoms with E-state index in [0.717, 1.165) is 11.1 Å². The molecule has 0 aromatic carbocycles. The van der Waals surface area contributed by atoms with Gasteiger partial charge in [0.1, 0.15) is 5.15 Å². The second-order valence-corrected chi connectivity index (χ2v) is 4.41. The molecule has 0 saturated heterocycles. The number of halogens is 1. The van der Waals surface area contributed by atoms with E-state index >= 15 is 0 Å². The maximum atomic E-state index is 10.5. The summed E-state index contributed by atoms with van der Waals surface area (Å²) in [6, 6.07) is 6.89. The van der Waals surface area contributed by atoms with Gasteiger partial charge in [0.15, 0.2) is 5.03 Å². The van der Waals surface area contributed by atoms with E-state index in [1.54, 1.807) is 35.2 Å². The van der Waals surface area contributed by atoms with Gasteiger partial charge in [0.2, 0.25) is 5.49 Å². The monoisotopic (exact) mass is 278 g/mol. The van der Waals surface area contributed by atoms with E-state index in [2.05, 4.69) is 10.1 Å². The zero-order valence-electron chi connectivity index (χ0n) is 10.2. The molecule has 2 aromatic rings. The van der Waals surface area contributed by atoms with E-state index in [4.69, 9.17) is 11.6 Å². The number of hydrogen-bond donors (Lipinski definition) is 0. The largest absolute Gasteiger partial charge is 0.323 e. The zero-order chi connectivity index (χ0) is 13.8. The summed E-state index contributed by atoms with van der Waals surface area (Å²) in [5.74, 6) is 0. The normalized spacial score (nSPS) is 11.6. The molecule has 0 saturated carbocycles. The summed E-state index contributed by atoms with van der Waals surface area (Å²) in [6.45, 7) is 2.35. The number of aryl methyl sites for hydroxylation is 1. The molecule has 0 fully saturated rings. The molecule has 98 valence electrons. The van der Waals surface area contributed by atoms with Gasteiger partial charge in [-0.05, 0) is 30.2 Å². The molecule has 0 unspecified atom stereocenters. The Morgan fingerprint density at radius 3 is 2.84 bits per heavy atom. The number of nitro groups is 1. The van der Waals surface area contributed by atoms with Gasteiger partial charge >= 0.3 is 0 Å². The van der Waals surface area contributed by atoms with Crippen LogP contribution in [0.15, 0.2) is 41.8 Å². The van der Waals surface area contributed by atoms with E-state index in [1.165, 1.54) is 0 Å². The summed E-state index contributed by atoms with van der Waals surface area (Å²) < 4.78 is 1.70. The fraction of sp³-hybridized carbons (Fsp3) is 0.167. The van der Waals surface area contributed by atoms with Crippen LogP contribution in [0.3, 0.4) is 0 Å². The van der Waals surface area contributed by atoms with Gasteiger partial charge in [0.05, 0.1) is 11.6 Å². The average Bonchev–Trinajstić information content (AvgIpc) is 2.35. The van der Waals surface area contributed by atoms with Gasteiger partial charge in [-0.2, -0.15) is 0 Å². The molecule has 0 aliphatic heterocycles. The molecule has 0 bridgehead atoms. The molecule has 0 amide bonds. The third-order valence-corrected chi connectivity index (χ3v) is 2.70. The molecule has 2 heterocycles. The summed E-state index contributed by atoms with van der Waals surface area (Å²) in [6.07, 6.45) is 3.44. The van der Waals surface area contributed by atoms with E-state index in [0.29, 0.717) is 11.7 Å². The molecule has 0 aliphatic carbocycles. The lowest BCUT2D eigenvalue weighted by atomic mass is 10.2. The van der Waals surface area contributed by atoms with Crippen molar-refractivity contribution in [1.29, 1.82) is 0 Å². The average molecular weight is 279 g/mol. The highest BCUT2D eigenvalue weighted by Crippen LogP contribution is 2.06. The summed E-state index contributed by atoms with van der Waals surface area (Å²) in [7, 11) is 0. The first-order valence-corrected chi connectivity index (χ1v) is 5.89. The van der Waals surface area contributed by atoms with Crippen LogP contribution in [0.1, 0.15) is 11.1 Å². The Hall–Kier alpha value is -2.21. The Morgan fingerprint density at radius 2 is 2.21 bits per heavy atom. The molecule has 7 heteroatoms. The van der Waals surface area contributed by atoms with E-state index in [-0.39, 0.29) is 5.49 Å². The van der Waals surface area contributed by atoms with Gasteiger partial charge in [0, 0.05) is 12.4 Å². The Balaban J connectivity index is 2.41. The smallest absolute Gasteiger partial charge is 0.207 e. The molecule has 0 spiro atoms. The van der Waals surface area contributed by atoms with Crippen LogP contribution in [0, 0.1) is 17.0 Å². The standard InChI is InChI=1S/C12H11ClN4O2/c1-9-2-5-12(15-17(18)19)16(7-9)8-10-3-4-11(13)14-6-10/h2-7H,8H2,1H3/b15-12+. The van der Waals surface area contributed by atoms with Gasteiger partial charge in [-0.15, -0.1) is 0 Å². The number of pyridine rings is 2. The van der Waals surface area contributed by atoms with E-state index in [9.17, 15) is 10.1 Å². The molecule has 2 rings (SSSR count). The first-order chi connectivity index (χ1) is 9.04. The Labute approximate surface area is 114 Å². The third kappa shape index (κ3) is 3.62. The van der Waals surface area contributed by atoms with Crippen LogP contribution in [0.5, 0.6) is 0 Å². The van der Waals surface area contributed by atoms with Crippen LogP contribution in [-0.4, -0.2) is 14.6 Å². The molecule has 0 atom stereocenters. The van der Waals surface area contributed by atoms with Gasteiger partial charge in [-0.25, -0.2) is 15.1 Å². The lowest BCUT2D eigenvalue weighted by molar-refractivity contribution is -0.490. The highest BCUT2D eigenvalue weighted by atomic mass is 35.5. The summed E-state index contributed by atoms with van der Waals surface area (Å²) >= 11 is 5.71. The van der Waals surface area contributed by atoms with Crippen LogP contribution in [0.25, 0.3) is 0 Å². The van der Waals surface area contributed by atoms with Crippen LogP contribution in [-0.2, 0) is 6.54 Å². The highest BCUT2D eigenvalue weighted by molar-refractivity contribution is 6.29. The lowest BCUT2D eigenvalue weighted by Crippen LogP contribution is -2.22. The van der Waals surface area contributed by atoms with Crippen molar-refractivity contribution >= 4 is 11.6 Å².